The highest BCUT2D eigenvalue weighted by Crippen LogP contribution is 2.57. The fourth-order valence-electron chi connectivity index (χ4n) is 6.25. The van der Waals surface area contributed by atoms with Gasteiger partial charge in [0.15, 0.2) is 17.7 Å². The third-order valence-electron chi connectivity index (χ3n) is 7.89. The number of nitrogens with one attached hydrogen (secondary N) is 3. The van der Waals surface area contributed by atoms with Crippen molar-refractivity contribution >= 4 is 46.6 Å². The van der Waals surface area contributed by atoms with Crippen LogP contribution in [0.5, 0.6) is 11.5 Å². The van der Waals surface area contributed by atoms with Gasteiger partial charge in [-0.3, -0.25) is 15.4 Å². The largest absolute Gasteiger partial charge is 0.493 e. The van der Waals surface area contributed by atoms with E-state index in [-0.39, 0.29) is 35.1 Å². The maximum Gasteiger partial charge on any atom is 0.413 e. The van der Waals surface area contributed by atoms with Crippen LogP contribution in [-0.2, 0) is 14.9 Å². The van der Waals surface area contributed by atoms with Gasteiger partial charge in [0.25, 0.3) is 0 Å². The van der Waals surface area contributed by atoms with E-state index in [4.69, 9.17) is 42.5 Å². The van der Waals surface area contributed by atoms with Crippen molar-refractivity contribution in [3.63, 3.8) is 0 Å². The van der Waals surface area contributed by atoms with E-state index in [1.54, 1.807) is 48.5 Å². The highest BCUT2D eigenvalue weighted by molar-refractivity contribution is 6.31. The SMILES string of the molecule is COc1cc(NC(=O)O[C@H]2N[C@@H](CC(C)(C)C)[C@@]3(C(=O)Nc4cc(Cl)ccc43)[C@H]2c2cccc(Cl)c2F)ccc1OCCO. The molecule has 234 valence electrons. The molecule has 2 aliphatic rings. The first-order chi connectivity index (χ1) is 20.9. The predicted molar refractivity (Wildman–Crippen MR) is 166 cm³/mol. The molecule has 0 saturated carbocycles. The van der Waals surface area contributed by atoms with E-state index in [1.807, 2.05) is 20.8 Å². The zero-order chi connectivity index (χ0) is 31.8. The molecule has 3 aromatic carbocycles. The Morgan fingerprint density at radius 1 is 1.11 bits per heavy atom. The molecule has 0 bridgehead atoms. The van der Waals surface area contributed by atoms with Crippen LogP contribution >= 0.6 is 23.2 Å². The van der Waals surface area contributed by atoms with E-state index in [2.05, 4.69) is 16.0 Å². The molecule has 1 spiro atoms. The lowest BCUT2D eigenvalue weighted by Crippen LogP contribution is -2.49. The number of aliphatic hydroxyl groups excluding tert-OH is 1. The molecule has 0 aromatic heterocycles. The van der Waals surface area contributed by atoms with Crippen LogP contribution < -0.4 is 25.4 Å². The Bertz CT molecular complexity index is 1580. The van der Waals surface area contributed by atoms with Crippen molar-refractivity contribution in [3.05, 3.63) is 81.6 Å². The molecule has 2 aliphatic heterocycles. The molecule has 1 fully saturated rings. The van der Waals surface area contributed by atoms with Gasteiger partial charge in [0.2, 0.25) is 5.91 Å². The average Bonchev–Trinajstić information content (AvgIpc) is 3.41. The number of hydrogen-bond donors (Lipinski definition) is 4. The summed E-state index contributed by atoms with van der Waals surface area (Å²) in [7, 11) is 1.45. The number of rotatable bonds is 8. The summed E-state index contributed by atoms with van der Waals surface area (Å²) in [6, 6.07) is 13.8. The minimum absolute atomic E-state index is 0.0698. The number of methoxy groups -OCH3 is 1. The lowest BCUT2D eigenvalue weighted by atomic mass is 9.63. The van der Waals surface area contributed by atoms with Crippen molar-refractivity contribution in [1.29, 1.82) is 0 Å². The third kappa shape index (κ3) is 5.91. The van der Waals surface area contributed by atoms with Crippen molar-refractivity contribution < 1.29 is 33.3 Å². The van der Waals surface area contributed by atoms with Gasteiger partial charge < -0.3 is 24.6 Å². The lowest BCUT2D eigenvalue weighted by molar-refractivity contribution is -0.122. The zero-order valence-corrected chi connectivity index (χ0v) is 26.2. The molecule has 5 rings (SSSR count). The molecule has 2 heterocycles. The second-order valence-corrected chi connectivity index (χ2v) is 12.9. The highest BCUT2D eigenvalue weighted by Gasteiger charge is 2.66. The second-order valence-electron chi connectivity index (χ2n) is 12.0. The molecule has 0 unspecified atom stereocenters. The van der Waals surface area contributed by atoms with Gasteiger partial charge in [-0.05, 0) is 53.3 Å². The van der Waals surface area contributed by atoms with Crippen molar-refractivity contribution in [1.82, 2.24) is 5.32 Å². The number of ether oxygens (including phenoxy) is 3. The third-order valence-corrected chi connectivity index (χ3v) is 8.41. The summed E-state index contributed by atoms with van der Waals surface area (Å²) in [6.45, 7) is 6.01. The zero-order valence-electron chi connectivity index (χ0n) is 24.7. The number of halogens is 3. The smallest absolute Gasteiger partial charge is 0.413 e. The van der Waals surface area contributed by atoms with E-state index >= 15 is 4.39 Å². The number of anilines is 2. The van der Waals surface area contributed by atoms with E-state index < -0.39 is 35.5 Å². The molecule has 2 amide bonds. The number of carbonyl (C=O) groups is 2. The fraction of sp³-hybridized carbons (Fsp3) is 0.375. The topological polar surface area (TPSA) is 118 Å². The monoisotopic (exact) mass is 645 g/mol. The molecule has 12 heteroatoms. The molecule has 0 radical (unpaired) electrons. The van der Waals surface area contributed by atoms with Crippen LogP contribution in [0.2, 0.25) is 10.0 Å². The maximum absolute atomic E-state index is 15.9. The van der Waals surface area contributed by atoms with Gasteiger partial charge >= 0.3 is 6.09 Å². The van der Waals surface area contributed by atoms with Crippen LogP contribution in [0.1, 0.15) is 44.2 Å². The molecule has 0 aliphatic carbocycles. The van der Waals surface area contributed by atoms with E-state index in [0.717, 1.165) is 0 Å². The van der Waals surface area contributed by atoms with Gasteiger partial charge in [0.1, 0.15) is 17.8 Å². The first-order valence-corrected chi connectivity index (χ1v) is 14.9. The molecule has 4 atom stereocenters. The molecule has 1 saturated heterocycles. The Kier molecular flexibility index (Phi) is 9.00. The van der Waals surface area contributed by atoms with Gasteiger partial charge in [0, 0.05) is 28.5 Å². The normalized spacial score (nSPS) is 22.5. The van der Waals surface area contributed by atoms with E-state index in [1.165, 1.54) is 13.2 Å². The summed E-state index contributed by atoms with van der Waals surface area (Å²) < 4.78 is 32.7. The van der Waals surface area contributed by atoms with Crippen LogP contribution in [0.25, 0.3) is 0 Å². The van der Waals surface area contributed by atoms with E-state index in [0.29, 0.717) is 39.9 Å². The molecule has 4 N–H and O–H groups in total. The number of carbonyl (C=O) groups excluding carboxylic acids is 2. The van der Waals surface area contributed by atoms with Crippen LogP contribution in [0.4, 0.5) is 20.6 Å². The maximum atomic E-state index is 15.9. The molecule has 9 nitrogen and oxygen atoms in total. The Labute approximate surface area is 265 Å². The number of benzene rings is 3. The van der Waals surface area contributed by atoms with Gasteiger partial charge in [-0.2, -0.15) is 0 Å². The first kappa shape index (κ1) is 31.8. The lowest BCUT2D eigenvalue weighted by Gasteiger charge is -2.37. The summed E-state index contributed by atoms with van der Waals surface area (Å²) in [5, 5.41) is 18.4. The van der Waals surface area contributed by atoms with Gasteiger partial charge in [0.05, 0.1) is 24.7 Å². The Hall–Kier alpha value is -3.57. The van der Waals surface area contributed by atoms with Gasteiger partial charge in [-0.1, -0.05) is 62.2 Å². The number of hydrogen-bond acceptors (Lipinski definition) is 7. The minimum Gasteiger partial charge on any atom is -0.493 e. The second kappa shape index (κ2) is 12.4. The Morgan fingerprint density at radius 3 is 2.59 bits per heavy atom. The summed E-state index contributed by atoms with van der Waals surface area (Å²) >= 11 is 12.5. The summed E-state index contributed by atoms with van der Waals surface area (Å²) in [6.07, 6.45) is -1.51. The Morgan fingerprint density at radius 2 is 1.89 bits per heavy atom. The average molecular weight is 647 g/mol. The van der Waals surface area contributed by atoms with Crippen molar-refractivity contribution in [3.8, 4) is 11.5 Å². The van der Waals surface area contributed by atoms with Crippen molar-refractivity contribution in [2.45, 2.75) is 50.8 Å². The highest BCUT2D eigenvalue weighted by atomic mass is 35.5. The molecule has 3 aromatic rings. The number of fused-ring (bicyclic) bond motifs is 2. The van der Waals surface area contributed by atoms with Crippen molar-refractivity contribution in [2.24, 2.45) is 5.41 Å². The van der Waals surface area contributed by atoms with Crippen LogP contribution in [-0.4, -0.2) is 49.7 Å². The van der Waals surface area contributed by atoms with Crippen LogP contribution in [0, 0.1) is 11.2 Å². The summed E-state index contributed by atoms with van der Waals surface area (Å²) in [5.74, 6) is -1.37. The number of aliphatic hydroxyl groups is 1. The van der Waals surface area contributed by atoms with Crippen molar-refractivity contribution in [2.75, 3.05) is 31.0 Å². The quantitative estimate of drug-likeness (QED) is 0.222. The number of amides is 2. The molecular formula is C32H34Cl2FN3O6. The summed E-state index contributed by atoms with van der Waals surface area (Å²) in [5.41, 5.74) is -0.0523. The van der Waals surface area contributed by atoms with Crippen LogP contribution in [0.3, 0.4) is 0 Å². The van der Waals surface area contributed by atoms with Gasteiger partial charge in [-0.25, -0.2) is 9.18 Å². The standard InChI is InChI=1S/C32H34Cl2FN3O6/c1-31(2,3)16-25-32(20-10-8-17(33)14-22(20)37-29(32)40)26(19-6-5-7-21(34)27(19)35)28(38-25)44-30(41)36-18-9-11-23(43-13-12-39)24(15-18)42-4/h5-11,14-15,25-26,28,38-39H,12-13,16H2,1-4H3,(H,36,41)(H,37,40)/t25-,26-,28+,32+/m0/s1. The van der Waals surface area contributed by atoms with Crippen LogP contribution in [0.15, 0.2) is 54.6 Å². The molecule has 44 heavy (non-hydrogen) atoms. The Balaban J connectivity index is 1.57. The first-order valence-electron chi connectivity index (χ1n) is 14.1. The summed E-state index contributed by atoms with van der Waals surface area (Å²) in [4.78, 5) is 27.6. The van der Waals surface area contributed by atoms with E-state index in [9.17, 15) is 9.59 Å². The fourth-order valence-corrected chi connectivity index (χ4v) is 6.61. The molecular weight excluding hydrogens is 612 g/mol. The predicted octanol–water partition coefficient (Wildman–Crippen LogP) is 6.47. The van der Waals surface area contributed by atoms with Gasteiger partial charge in [-0.15, -0.1) is 0 Å². The minimum atomic E-state index is -1.38.